The van der Waals surface area contributed by atoms with Crippen molar-refractivity contribution in [1.82, 2.24) is 4.37 Å². The number of rotatable bonds is 1. The van der Waals surface area contributed by atoms with Gasteiger partial charge in [0.05, 0.1) is 11.4 Å². The number of nitrogen functional groups attached to an aromatic ring is 1. The van der Waals surface area contributed by atoms with E-state index in [1.807, 2.05) is 0 Å². The molecule has 0 radical (unpaired) electrons. The number of nitrogens with zero attached hydrogens (tertiary/aromatic N) is 1. The number of hydrogen-bond acceptors (Lipinski definition) is 4. The molecule has 0 atom stereocenters. The van der Waals surface area contributed by atoms with E-state index in [-0.39, 0.29) is 5.78 Å². The molecule has 1 aromatic rings. The van der Waals surface area contributed by atoms with E-state index >= 15 is 0 Å². The Hall–Kier alpha value is -0.900. The van der Waals surface area contributed by atoms with E-state index in [9.17, 15) is 4.79 Å². The number of anilines is 1. The fraction of sp³-hybridized carbons (Fsp3) is 0.333. The lowest BCUT2D eigenvalue weighted by Gasteiger charge is -1.89. The molecule has 0 saturated heterocycles. The topological polar surface area (TPSA) is 56.0 Å². The lowest BCUT2D eigenvalue weighted by atomic mass is 10.3. The van der Waals surface area contributed by atoms with Gasteiger partial charge in [-0.25, -0.2) is 0 Å². The minimum absolute atomic E-state index is 0.0110. The number of aromatic nitrogens is 1. The standard InChI is InChI=1S/C6H8N2OS/c1-3-5(7)6(4(2)9)10-8-3/h7H2,1-2H3. The molecular weight excluding hydrogens is 148 g/mol. The summed E-state index contributed by atoms with van der Waals surface area (Å²) in [5.74, 6) is -0.0110. The highest BCUT2D eigenvalue weighted by molar-refractivity contribution is 7.08. The first-order valence-corrected chi connectivity index (χ1v) is 3.63. The molecule has 2 N–H and O–H groups in total. The molecule has 0 fully saturated rings. The van der Waals surface area contributed by atoms with Crippen molar-refractivity contribution in [1.29, 1.82) is 0 Å². The minimum atomic E-state index is -0.0110. The molecule has 0 saturated carbocycles. The highest BCUT2D eigenvalue weighted by Gasteiger charge is 2.09. The van der Waals surface area contributed by atoms with E-state index in [0.717, 1.165) is 17.2 Å². The van der Waals surface area contributed by atoms with Gasteiger partial charge in [0.2, 0.25) is 0 Å². The number of nitrogens with two attached hydrogens (primary N) is 1. The van der Waals surface area contributed by atoms with Gasteiger partial charge in [-0.3, -0.25) is 4.79 Å². The Labute approximate surface area is 63.0 Å². The number of carbonyl (C=O) groups is 1. The predicted octanol–water partition coefficient (Wildman–Crippen LogP) is 1.24. The average Bonchev–Trinajstić information content (AvgIpc) is 2.14. The SMILES string of the molecule is CC(=O)c1snc(C)c1N. The fourth-order valence-electron chi connectivity index (χ4n) is 0.631. The van der Waals surface area contributed by atoms with E-state index in [0.29, 0.717) is 10.6 Å². The first kappa shape index (κ1) is 7.21. The zero-order valence-electron chi connectivity index (χ0n) is 5.84. The molecule has 0 unspecified atom stereocenters. The first-order valence-electron chi connectivity index (χ1n) is 2.85. The lowest BCUT2D eigenvalue weighted by Crippen LogP contribution is -1.94. The second-order valence-electron chi connectivity index (χ2n) is 2.07. The van der Waals surface area contributed by atoms with Crippen LogP contribution in [0, 0.1) is 6.92 Å². The van der Waals surface area contributed by atoms with Gasteiger partial charge < -0.3 is 5.73 Å². The van der Waals surface area contributed by atoms with Crippen LogP contribution < -0.4 is 5.73 Å². The van der Waals surface area contributed by atoms with Crippen molar-refractivity contribution in [3.63, 3.8) is 0 Å². The normalized spacial score (nSPS) is 9.80. The van der Waals surface area contributed by atoms with Crippen LogP contribution in [0.1, 0.15) is 22.3 Å². The van der Waals surface area contributed by atoms with Gasteiger partial charge in [-0.1, -0.05) is 0 Å². The van der Waals surface area contributed by atoms with Gasteiger partial charge in [-0.15, -0.1) is 0 Å². The quantitative estimate of drug-likeness (QED) is 0.622. The summed E-state index contributed by atoms with van der Waals surface area (Å²) in [6, 6.07) is 0. The van der Waals surface area contributed by atoms with Gasteiger partial charge in [-0.2, -0.15) is 4.37 Å². The van der Waals surface area contributed by atoms with Crippen molar-refractivity contribution in [2.45, 2.75) is 13.8 Å². The van der Waals surface area contributed by atoms with Crippen molar-refractivity contribution >= 4 is 23.0 Å². The number of ketones is 1. The van der Waals surface area contributed by atoms with Crippen LogP contribution in [0.3, 0.4) is 0 Å². The van der Waals surface area contributed by atoms with E-state index in [4.69, 9.17) is 5.73 Å². The number of carbonyl (C=O) groups excluding carboxylic acids is 1. The zero-order valence-corrected chi connectivity index (χ0v) is 6.66. The first-order chi connectivity index (χ1) is 4.63. The highest BCUT2D eigenvalue weighted by atomic mass is 32.1. The largest absolute Gasteiger partial charge is 0.396 e. The molecule has 10 heavy (non-hydrogen) atoms. The minimum Gasteiger partial charge on any atom is -0.396 e. The third-order valence-corrected chi connectivity index (χ3v) is 2.28. The molecule has 1 aromatic heterocycles. The maximum absolute atomic E-state index is 10.8. The molecule has 0 aliphatic heterocycles. The predicted molar refractivity (Wildman–Crippen MR) is 41.3 cm³/mol. The molecule has 1 rings (SSSR count). The van der Waals surface area contributed by atoms with E-state index in [2.05, 4.69) is 4.37 Å². The van der Waals surface area contributed by atoms with Gasteiger partial charge in [-0.05, 0) is 18.5 Å². The highest BCUT2D eigenvalue weighted by Crippen LogP contribution is 2.20. The summed E-state index contributed by atoms with van der Waals surface area (Å²) in [6.07, 6.45) is 0. The molecule has 0 aliphatic carbocycles. The summed E-state index contributed by atoms with van der Waals surface area (Å²) in [5.41, 5.74) is 6.80. The van der Waals surface area contributed by atoms with Crippen LogP contribution >= 0.6 is 11.5 Å². The molecule has 0 aliphatic rings. The second kappa shape index (κ2) is 2.38. The summed E-state index contributed by atoms with van der Waals surface area (Å²) in [5, 5.41) is 0. The maximum atomic E-state index is 10.8. The Morgan fingerprint density at radius 3 is 2.50 bits per heavy atom. The van der Waals surface area contributed by atoms with Gasteiger partial charge in [0.25, 0.3) is 0 Å². The Morgan fingerprint density at radius 2 is 2.30 bits per heavy atom. The molecule has 54 valence electrons. The van der Waals surface area contributed by atoms with Gasteiger partial charge in [0.15, 0.2) is 5.78 Å². The van der Waals surface area contributed by atoms with Crippen molar-refractivity contribution in [2.24, 2.45) is 0 Å². The Balaban J connectivity index is 3.17. The molecule has 0 bridgehead atoms. The second-order valence-corrected chi connectivity index (χ2v) is 2.84. The summed E-state index contributed by atoms with van der Waals surface area (Å²) in [4.78, 5) is 11.3. The molecule has 0 spiro atoms. The maximum Gasteiger partial charge on any atom is 0.173 e. The number of aryl methyl sites for hydroxylation is 1. The Morgan fingerprint density at radius 1 is 1.70 bits per heavy atom. The van der Waals surface area contributed by atoms with Crippen molar-refractivity contribution < 1.29 is 4.79 Å². The lowest BCUT2D eigenvalue weighted by molar-refractivity contribution is 0.102. The summed E-state index contributed by atoms with van der Waals surface area (Å²) in [7, 11) is 0. The molecule has 3 nitrogen and oxygen atoms in total. The summed E-state index contributed by atoms with van der Waals surface area (Å²) >= 11 is 1.16. The van der Waals surface area contributed by atoms with E-state index in [1.54, 1.807) is 6.92 Å². The van der Waals surface area contributed by atoms with Crippen LogP contribution in [-0.4, -0.2) is 10.2 Å². The Kier molecular flexibility index (Phi) is 1.72. The summed E-state index contributed by atoms with van der Waals surface area (Å²) < 4.78 is 3.93. The van der Waals surface area contributed by atoms with Gasteiger partial charge in [0, 0.05) is 6.92 Å². The van der Waals surface area contributed by atoms with Gasteiger partial charge in [0.1, 0.15) is 4.88 Å². The van der Waals surface area contributed by atoms with Crippen LogP contribution in [-0.2, 0) is 0 Å². The molecule has 4 heteroatoms. The van der Waals surface area contributed by atoms with Crippen LogP contribution in [0.5, 0.6) is 0 Å². The average molecular weight is 156 g/mol. The molecular formula is C6H8N2OS. The summed E-state index contributed by atoms with van der Waals surface area (Å²) in [6.45, 7) is 3.28. The van der Waals surface area contributed by atoms with Crippen molar-refractivity contribution in [3.8, 4) is 0 Å². The molecule has 1 heterocycles. The monoisotopic (exact) mass is 156 g/mol. The zero-order chi connectivity index (χ0) is 7.72. The molecule has 0 aromatic carbocycles. The van der Waals surface area contributed by atoms with E-state index in [1.165, 1.54) is 6.92 Å². The van der Waals surface area contributed by atoms with Crippen LogP contribution in [0.15, 0.2) is 0 Å². The van der Waals surface area contributed by atoms with Crippen molar-refractivity contribution in [3.05, 3.63) is 10.6 Å². The van der Waals surface area contributed by atoms with Crippen LogP contribution in [0.2, 0.25) is 0 Å². The smallest absolute Gasteiger partial charge is 0.173 e. The Bertz CT molecular complexity index is 267. The van der Waals surface area contributed by atoms with E-state index < -0.39 is 0 Å². The third kappa shape index (κ3) is 1.02. The van der Waals surface area contributed by atoms with Crippen LogP contribution in [0.4, 0.5) is 5.69 Å². The van der Waals surface area contributed by atoms with Gasteiger partial charge >= 0.3 is 0 Å². The van der Waals surface area contributed by atoms with Crippen LogP contribution in [0.25, 0.3) is 0 Å². The van der Waals surface area contributed by atoms with Crippen molar-refractivity contribution in [2.75, 3.05) is 5.73 Å². The number of hydrogen-bond donors (Lipinski definition) is 1. The third-order valence-electron chi connectivity index (χ3n) is 1.23. The fourth-order valence-corrected chi connectivity index (χ4v) is 1.33. The number of Topliss-reactive ketones (excluding diaryl/α,β-unsaturated/α-hetero) is 1. The molecule has 0 amide bonds.